The molecule has 0 spiro atoms. The lowest BCUT2D eigenvalue weighted by molar-refractivity contribution is 0.172. The highest BCUT2D eigenvalue weighted by Gasteiger charge is 2.25. The predicted octanol–water partition coefficient (Wildman–Crippen LogP) is 3.87. The Bertz CT molecular complexity index is 662. The lowest BCUT2D eigenvalue weighted by Crippen LogP contribution is -2.22. The van der Waals surface area contributed by atoms with Crippen molar-refractivity contribution in [3.8, 4) is 5.75 Å². The lowest BCUT2D eigenvalue weighted by Gasteiger charge is -2.20. The van der Waals surface area contributed by atoms with Crippen LogP contribution in [0.4, 0.5) is 4.79 Å². The van der Waals surface area contributed by atoms with Crippen molar-refractivity contribution >= 4 is 17.0 Å². The molecule has 0 atom stereocenters. The second kappa shape index (κ2) is 4.85. The Hall–Kier alpha value is -1.97. The molecule has 1 aromatic carbocycles. The molecule has 0 aliphatic carbocycles. The molecule has 108 valence electrons. The van der Waals surface area contributed by atoms with Crippen LogP contribution in [0.2, 0.25) is 0 Å². The number of carbonyl (C=O) groups excluding carboxylic acids is 1. The Labute approximate surface area is 119 Å². The number of rotatable bonds is 1. The molecule has 2 aromatic rings. The molecule has 4 heteroatoms. The molecule has 0 saturated heterocycles. The molecule has 0 saturated carbocycles. The van der Waals surface area contributed by atoms with Crippen LogP contribution < -0.4 is 4.74 Å². The molecule has 20 heavy (non-hydrogen) atoms. The van der Waals surface area contributed by atoms with E-state index >= 15 is 0 Å². The minimum Gasteiger partial charge on any atom is -0.497 e. The molecule has 1 aromatic heterocycles. The van der Waals surface area contributed by atoms with Gasteiger partial charge in [0.15, 0.2) is 0 Å². The van der Waals surface area contributed by atoms with E-state index in [9.17, 15) is 4.79 Å². The van der Waals surface area contributed by atoms with E-state index in [0.29, 0.717) is 0 Å². The lowest BCUT2D eigenvalue weighted by atomic mass is 9.92. The number of hydrogen-bond donors (Lipinski definition) is 0. The summed E-state index contributed by atoms with van der Waals surface area (Å²) >= 11 is 0. The Balaban J connectivity index is 2.87. The molecular weight excluding hydrogens is 254 g/mol. The van der Waals surface area contributed by atoms with Gasteiger partial charge in [-0.1, -0.05) is 20.8 Å². The standard InChI is InChI=1S/C16H21NO3/c1-10-7-12(19-5)8-11-9-13(16(2,3)4)17(14(10)11)15(18)20-6/h7-9H,1-6H3. The average Bonchev–Trinajstić information content (AvgIpc) is 2.77. The number of carbonyl (C=O) groups is 1. The molecule has 0 radical (unpaired) electrons. The zero-order valence-corrected chi connectivity index (χ0v) is 12.9. The summed E-state index contributed by atoms with van der Waals surface area (Å²) in [5.74, 6) is 0.789. The van der Waals surface area contributed by atoms with E-state index in [4.69, 9.17) is 9.47 Å². The van der Waals surface area contributed by atoms with Gasteiger partial charge in [-0.25, -0.2) is 9.36 Å². The quantitative estimate of drug-likeness (QED) is 0.793. The normalized spacial score (nSPS) is 11.7. The smallest absolute Gasteiger partial charge is 0.418 e. The van der Waals surface area contributed by atoms with E-state index in [1.54, 1.807) is 11.7 Å². The number of ether oxygens (including phenoxy) is 2. The van der Waals surface area contributed by atoms with Crippen LogP contribution in [-0.2, 0) is 10.2 Å². The molecule has 0 unspecified atom stereocenters. The van der Waals surface area contributed by atoms with Crippen molar-refractivity contribution in [3.63, 3.8) is 0 Å². The monoisotopic (exact) mass is 275 g/mol. The van der Waals surface area contributed by atoms with Crippen molar-refractivity contribution in [1.82, 2.24) is 4.57 Å². The molecule has 0 fully saturated rings. The fourth-order valence-corrected chi connectivity index (χ4v) is 2.47. The van der Waals surface area contributed by atoms with Crippen molar-refractivity contribution in [2.75, 3.05) is 14.2 Å². The Morgan fingerprint density at radius 1 is 1.15 bits per heavy atom. The number of aryl methyl sites for hydroxylation is 1. The average molecular weight is 275 g/mol. The molecule has 2 rings (SSSR count). The van der Waals surface area contributed by atoms with Gasteiger partial charge in [-0.3, -0.25) is 0 Å². The third-order valence-electron chi connectivity index (χ3n) is 3.42. The van der Waals surface area contributed by atoms with Crippen molar-refractivity contribution in [2.45, 2.75) is 33.1 Å². The summed E-state index contributed by atoms with van der Waals surface area (Å²) in [6, 6.07) is 5.90. The van der Waals surface area contributed by atoms with E-state index in [1.807, 2.05) is 25.1 Å². The Kier molecular flexibility index (Phi) is 3.50. The minimum atomic E-state index is -0.363. The van der Waals surface area contributed by atoms with Crippen molar-refractivity contribution in [1.29, 1.82) is 0 Å². The van der Waals surface area contributed by atoms with Crippen LogP contribution in [0.3, 0.4) is 0 Å². The van der Waals surface area contributed by atoms with Gasteiger partial charge in [0.25, 0.3) is 0 Å². The highest BCUT2D eigenvalue weighted by molar-refractivity contribution is 5.94. The molecule has 1 heterocycles. The molecule has 0 amide bonds. The first-order chi connectivity index (χ1) is 9.29. The van der Waals surface area contributed by atoms with Crippen LogP contribution in [0, 0.1) is 6.92 Å². The van der Waals surface area contributed by atoms with Gasteiger partial charge < -0.3 is 9.47 Å². The van der Waals surface area contributed by atoms with E-state index in [1.165, 1.54) is 7.11 Å². The van der Waals surface area contributed by atoms with Crippen LogP contribution in [0.5, 0.6) is 5.75 Å². The third kappa shape index (κ3) is 2.26. The summed E-state index contributed by atoms with van der Waals surface area (Å²) < 4.78 is 11.9. The molecular formula is C16H21NO3. The van der Waals surface area contributed by atoms with Gasteiger partial charge in [0, 0.05) is 16.5 Å². The second-order valence-corrected chi connectivity index (χ2v) is 5.97. The maximum Gasteiger partial charge on any atom is 0.418 e. The van der Waals surface area contributed by atoms with Crippen LogP contribution in [0.15, 0.2) is 18.2 Å². The van der Waals surface area contributed by atoms with Gasteiger partial charge in [-0.05, 0) is 30.7 Å². The number of methoxy groups -OCH3 is 2. The first-order valence-corrected chi connectivity index (χ1v) is 6.58. The molecule has 0 aliphatic heterocycles. The fourth-order valence-electron chi connectivity index (χ4n) is 2.47. The molecule has 0 aliphatic rings. The van der Waals surface area contributed by atoms with Crippen LogP contribution in [0.25, 0.3) is 10.9 Å². The Morgan fingerprint density at radius 3 is 2.30 bits per heavy atom. The van der Waals surface area contributed by atoms with Crippen LogP contribution in [0.1, 0.15) is 32.0 Å². The van der Waals surface area contributed by atoms with E-state index < -0.39 is 0 Å². The van der Waals surface area contributed by atoms with Crippen molar-refractivity contribution in [3.05, 3.63) is 29.5 Å². The highest BCUT2D eigenvalue weighted by atomic mass is 16.5. The predicted molar refractivity (Wildman–Crippen MR) is 79.7 cm³/mol. The number of fused-ring (bicyclic) bond motifs is 1. The number of aromatic nitrogens is 1. The van der Waals surface area contributed by atoms with Crippen LogP contribution in [-0.4, -0.2) is 24.9 Å². The van der Waals surface area contributed by atoms with Crippen molar-refractivity contribution in [2.24, 2.45) is 0 Å². The molecule has 0 N–H and O–H groups in total. The summed E-state index contributed by atoms with van der Waals surface area (Å²) in [6.07, 6.45) is -0.363. The fraction of sp³-hybridized carbons (Fsp3) is 0.438. The summed E-state index contributed by atoms with van der Waals surface area (Å²) in [6.45, 7) is 8.20. The van der Waals surface area contributed by atoms with E-state index in [0.717, 1.165) is 27.9 Å². The highest BCUT2D eigenvalue weighted by Crippen LogP contribution is 2.33. The van der Waals surface area contributed by atoms with E-state index in [2.05, 4.69) is 20.8 Å². The summed E-state index contributed by atoms with van der Waals surface area (Å²) in [5.41, 5.74) is 2.63. The number of hydrogen-bond acceptors (Lipinski definition) is 3. The number of nitrogens with zero attached hydrogens (tertiary/aromatic N) is 1. The maximum absolute atomic E-state index is 12.2. The van der Waals surface area contributed by atoms with Gasteiger partial charge in [-0.15, -0.1) is 0 Å². The summed E-state index contributed by atoms with van der Waals surface area (Å²) in [7, 11) is 3.04. The number of benzene rings is 1. The Morgan fingerprint density at radius 2 is 1.80 bits per heavy atom. The van der Waals surface area contributed by atoms with Gasteiger partial charge >= 0.3 is 6.09 Å². The zero-order valence-electron chi connectivity index (χ0n) is 12.9. The summed E-state index contributed by atoms with van der Waals surface area (Å²) in [5, 5.41) is 0.983. The second-order valence-electron chi connectivity index (χ2n) is 5.97. The van der Waals surface area contributed by atoms with Crippen LogP contribution >= 0.6 is 0 Å². The SMILES string of the molecule is COC(=O)n1c(C(C)(C)C)cc2cc(OC)cc(C)c21. The topological polar surface area (TPSA) is 40.5 Å². The van der Waals surface area contributed by atoms with Gasteiger partial charge in [-0.2, -0.15) is 0 Å². The van der Waals surface area contributed by atoms with Gasteiger partial charge in [0.2, 0.25) is 0 Å². The van der Waals surface area contributed by atoms with Gasteiger partial charge in [0.1, 0.15) is 5.75 Å². The molecule has 0 bridgehead atoms. The first-order valence-electron chi connectivity index (χ1n) is 6.58. The molecule has 4 nitrogen and oxygen atoms in total. The van der Waals surface area contributed by atoms with E-state index in [-0.39, 0.29) is 11.5 Å². The zero-order chi connectivity index (χ0) is 15.1. The van der Waals surface area contributed by atoms with Gasteiger partial charge in [0.05, 0.1) is 19.7 Å². The third-order valence-corrected chi connectivity index (χ3v) is 3.42. The maximum atomic E-state index is 12.2. The summed E-state index contributed by atoms with van der Waals surface area (Å²) in [4.78, 5) is 12.2. The van der Waals surface area contributed by atoms with Crippen molar-refractivity contribution < 1.29 is 14.3 Å². The largest absolute Gasteiger partial charge is 0.497 e. The minimum absolute atomic E-state index is 0.160. The first kappa shape index (κ1) is 14.4.